The number of para-hydroxylation sites is 1. The SMILES string of the molecule is CCOC(=O)c1noc2ncn(CC(=O)Nc3ccccc3)c(=O)c12. The first-order valence-electron chi connectivity index (χ1n) is 7.47. The maximum atomic E-state index is 12.5. The van der Waals surface area contributed by atoms with Gasteiger partial charge in [-0.05, 0) is 19.1 Å². The van der Waals surface area contributed by atoms with Crippen molar-refractivity contribution in [2.24, 2.45) is 0 Å². The Morgan fingerprint density at radius 3 is 2.76 bits per heavy atom. The zero-order valence-corrected chi connectivity index (χ0v) is 13.3. The summed E-state index contributed by atoms with van der Waals surface area (Å²) in [7, 11) is 0. The summed E-state index contributed by atoms with van der Waals surface area (Å²) in [5.74, 6) is -1.20. The van der Waals surface area contributed by atoms with Crippen LogP contribution in [0.15, 0.2) is 46.0 Å². The van der Waals surface area contributed by atoms with E-state index in [0.29, 0.717) is 5.69 Å². The number of carbonyl (C=O) groups excluding carboxylic acids is 2. The second kappa shape index (κ2) is 6.95. The summed E-state index contributed by atoms with van der Waals surface area (Å²) in [6, 6.07) is 8.82. The highest BCUT2D eigenvalue weighted by atomic mass is 16.5. The van der Waals surface area contributed by atoms with E-state index in [9.17, 15) is 14.4 Å². The van der Waals surface area contributed by atoms with Gasteiger partial charge in [0.1, 0.15) is 18.3 Å². The molecule has 128 valence electrons. The molecule has 2 heterocycles. The Morgan fingerprint density at radius 1 is 1.28 bits per heavy atom. The predicted molar refractivity (Wildman–Crippen MR) is 87.1 cm³/mol. The Morgan fingerprint density at radius 2 is 2.04 bits per heavy atom. The number of esters is 1. The van der Waals surface area contributed by atoms with Crippen molar-refractivity contribution in [3.63, 3.8) is 0 Å². The van der Waals surface area contributed by atoms with E-state index < -0.39 is 17.4 Å². The van der Waals surface area contributed by atoms with Gasteiger partial charge in [-0.25, -0.2) is 9.78 Å². The second-order valence-electron chi connectivity index (χ2n) is 5.02. The Labute approximate surface area is 141 Å². The van der Waals surface area contributed by atoms with Crippen LogP contribution in [0.3, 0.4) is 0 Å². The van der Waals surface area contributed by atoms with E-state index in [2.05, 4.69) is 15.5 Å². The average molecular weight is 342 g/mol. The van der Waals surface area contributed by atoms with Gasteiger partial charge in [0, 0.05) is 5.69 Å². The summed E-state index contributed by atoms with van der Waals surface area (Å²) >= 11 is 0. The first-order chi connectivity index (χ1) is 12.1. The Balaban J connectivity index is 1.88. The van der Waals surface area contributed by atoms with E-state index >= 15 is 0 Å². The lowest BCUT2D eigenvalue weighted by molar-refractivity contribution is -0.116. The minimum absolute atomic E-state index is 0.0900. The van der Waals surface area contributed by atoms with Crippen LogP contribution in [0.4, 0.5) is 5.69 Å². The molecule has 9 nitrogen and oxygen atoms in total. The number of aromatic nitrogens is 3. The van der Waals surface area contributed by atoms with Crippen LogP contribution in [0.1, 0.15) is 17.4 Å². The number of amides is 1. The first kappa shape index (κ1) is 16.4. The zero-order chi connectivity index (χ0) is 17.8. The molecule has 0 radical (unpaired) electrons. The first-order valence-corrected chi connectivity index (χ1v) is 7.47. The maximum absolute atomic E-state index is 12.5. The van der Waals surface area contributed by atoms with Gasteiger partial charge >= 0.3 is 5.97 Å². The minimum Gasteiger partial charge on any atom is -0.461 e. The summed E-state index contributed by atoms with van der Waals surface area (Å²) in [6.45, 7) is 1.48. The number of fused-ring (bicyclic) bond motifs is 1. The molecule has 0 aliphatic heterocycles. The van der Waals surface area contributed by atoms with E-state index in [1.165, 1.54) is 0 Å². The van der Waals surface area contributed by atoms with Gasteiger partial charge < -0.3 is 14.6 Å². The van der Waals surface area contributed by atoms with Crippen LogP contribution in [0.5, 0.6) is 0 Å². The number of hydrogen-bond acceptors (Lipinski definition) is 7. The van der Waals surface area contributed by atoms with Crippen molar-refractivity contribution in [3.8, 4) is 0 Å². The molecule has 0 aliphatic carbocycles. The van der Waals surface area contributed by atoms with E-state index in [4.69, 9.17) is 9.26 Å². The molecule has 0 atom stereocenters. The van der Waals surface area contributed by atoms with Crippen molar-refractivity contribution in [1.82, 2.24) is 14.7 Å². The van der Waals surface area contributed by atoms with Crippen LogP contribution in [0, 0.1) is 0 Å². The smallest absolute Gasteiger partial charge is 0.361 e. The van der Waals surface area contributed by atoms with Crippen LogP contribution in [-0.4, -0.2) is 33.2 Å². The number of nitrogens with one attached hydrogen (secondary N) is 1. The molecule has 2 aromatic heterocycles. The van der Waals surface area contributed by atoms with Crippen molar-refractivity contribution in [2.45, 2.75) is 13.5 Å². The third kappa shape index (κ3) is 3.39. The third-order valence-corrected chi connectivity index (χ3v) is 3.30. The molecule has 0 saturated heterocycles. The molecule has 0 saturated carbocycles. The molecule has 3 aromatic rings. The van der Waals surface area contributed by atoms with Crippen LogP contribution >= 0.6 is 0 Å². The van der Waals surface area contributed by atoms with Gasteiger partial charge in [0.05, 0.1) is 6.61 Å². The molecular formula is C16H14N4O5. The Kier molecular flexibility index (Phi) is 4.55. The number of carbonyl (C=O) groups is 2. The van der Waals surface area contributed by atoms with Crippen molar-refractivity contribution in [3.05, 3.63) is 52.7 Å². The standard InChI is InChI=1S/C16H14N4O5/c1-2-24-16(23)13-12-14(25-19-13)17-9-20(15(12)22)8-11(21)18-10-6-4-3-5-7-10/h3-7,9H,2,8H2,1H3,(H,18,21). The molecule has 9 heteroatoms. The number of nitrogens with zero attached hydrogens (tertiary/aromatic N) is 3. The fraction of sp³-hybridized carbons (Fsp3) is 0.188. The molecule has 3 rings (SSSR count). The zero-order valence-electron chi connectivity index (χ0n) is 13.3. The minimum atomic E-state index is -0.786. The number of ether oxygens (including phenoxy) is 1. The highest BCUT2D eigenvalue weighted by molar-refractivity contribution is 5.99. The maximum Gasteiger partial charge on any atom is 0.361 e. The lowest BCUT2D eigenvalue weighted by Crippen LogP contribution is -2.28. The fourth-order valence-corrected chi connectivity index (χ4v) is 2.21. The highest BCUT2D eigenvalue weighted by Crippen LogP contribution is 2.13. The topological polar surface area (TPSA) is 116 Å². The van der Waals surface area contributed by atoms with Crippen molar-refractivity contribution >= 4 is 28.7 Å². The molecule has 1 aromatic carbocycles. The number of anilines is 1. The molecule has 0 bridgehead atoms. The van der Waals surface area contributed by atoms with Crippen LogP contribution in [0.2, 0.25) is 0 Å². The van der Waals surface area contributed by atoms with Gasteiger partial charge in [0.15, 0.2) is 0 Å². The molecule has 0 unspecified atom stereocenters. The van der Waals surface area contributed by atoms with E-state index in [1.54, 1.807) is 31.2 Å². The van der Waals surface area contributed by atoms with Crippen molar-refractivity contribution in [2.75, 3.05) is 11.9 Å². The van der Waals surface area contributed by atoms with Crippen LogP contribution in [-0.2, 0) is 16.1 Å². The number of benzene rings is 1. The summed E-state index contributed by atoms with van der Waals surface area (Å²) in [5.41, 5.74) is -0.357. The summed E-state index contributed by atoms with van der Waals surface area (Å²) < 4.78 is 10.8. The van der Waals surface area contributed by atoms with Gasteiger partial charge in [0.2, 0.25) is 11.6 Å². The second-order valence-corrected chi connectivity index (χ2v) is 5.02. The molecule has 1 N–H and O–H groups in total. The molecule has 1 amide bonds. The van der Waals surface area contributed by atoms with Crippen molar-refractivity contribution < 1.29 is 18.8 Å². The van der Waals surface area contributed by atoms with E-state index in [1.807, 2.05) is 6.07 Å². The summed E-state index contributed by atoms with van der Waals surface area (Å²) in [5, 5.41) is 6.08. The summed E-state index contributed by atoms with van der Waals surface area (Å²) in [4.78, 5) is 40.4. The van der Waals surface area contributed by atoms with E-state index in [-0.39, 0.29) is 29.9 Å². The average Bonchev–Trinajstić information content (AvgIpc) is 3.03. The van der Waals surface area contributed by atoms with Gasteiger partial charge in [-0.2, -0.15) is 0 Å². The summed E-state index contributed by atoms with van der Waals surface area (Å²) in [6.07, 6.45) is 1.16. The normalized spacial score (nSPS) is 10.6. The van der Waals surface area contributed by atoms with Gasteiger partial charge in [-0.3, -0.25) is 14.2 Å². The fourth-order valence-electron chi connectivity index (χ4n) is 2.21. The van der Waals surface area contributed by atoms with E-state index in [0.717, 1.165) is 10.9 Å². The lowest BCUT2D eigenvalue weighted by Gasteiger charge is -2.06. The van der Waals surface area contributed by atoms with Crippen molar-refractivity contribution in [1.29, 1.82) is 0 Å². The predicted octanol–water partition coefficient (Wildman–Crippen LogP) is 1.20. The monoisotopic (exact) mass is 342 g/mol. The number of hydrogen-bond donors (Lipinski definition) is 1. The van der Waals surface area contributed by atoms with Gasteiger partial charge in [-0.15, -0.1) is 0 Å². The number of rotatable bonds is 5. The molecular weight excluding hydrogens is 328 g/mol. The molecule has 0 fully saturated rings. The van der Waals surface area contributed by atoms with Crippen LogP contribution < -0.4 is 10.9 Å². The largest absolute Gasteiger partial charge is 0.461 e. The Hall–Kier alpha value is -3.49. The van der Waals surface area contributed by atoms with Crippen LogP contribution in [0.25, 0.3) is 11.1 Å². The lowest BCUT2D eigenvalue weighted by atomic mass is 10.3. The molecule has 0 aliphatic rings. The molecule has 25 heavy (non-hydrogen) atoms. The quantitative estimate of drug-likeness (QED) is 0.692. The highest BCUT2D eigenvalue weighted by Gasteiger charge is 2.22. The third-order valence-electron chi connectivity index (χ3n) is 3.30. The molecule has 0 spiro atoms. The van der Waals surface area contributed by atoms with Gasteiger partial charge in [0.25, 0.3) is 11.3 Å². The Bertz CT molecular complexity index is 977. The van der Waals surface area contributed by atoms with Gasteiger partial charge in [-0.1, -0.05) is 23.4 Å².